The zero-order chi connectivity index (χ0) is 6.69. The molecule has 0 amide bonds. The third-order valence-electron chi connectivity index (χ3n) is 1.88. The Morgan fingerprint density at radius 1 is 1.33 bits per heavy atom. The molecule has 0 radical (unpaired) electrons. The van der Waals surface area contributed by atoms with Gasteiger partial charge in [-0.05, 0) is 18.8 Å². The lowest BCUT2D eigenvalue weighted by atomic mass is 10.1. The normalized spacial score (nSPS) is 36.2. The van der Waals surface area contributed by atoms with Crippen LogP contribution in [0.15, 0.2) is 12.2 Å². The van der Waals surface area contributed by atoms with E-state index < -0.39 is 0 Å². The second-order valence-electron chi connectivity index (χ2n) is 2.96. The lowest BCUT2D eigenvalue weighted by Crippen LogP contribution is -2.14. The van der Waals surface area contributed by atoms with Crippen molar-refractivity contribution in [3.05, 3.63) is 12.2 Å². The minimum Gasteiger partial charge on any atom is -0.324 e. The van der Waals surface area contributed by atoms with Gasteiger partial charge in [-0.2, -0.15) is 0 Å². The Bertz CT molecular complexity index is 95.1. The molecule has 2 atom stereocenters. The third kappa shape index (κ3) is 2.19. The molecule has 52 valence electrons. The van der Waals surface area contributed by atoms with Crippen molar-refractivity contribution in [2.75, 3.05) is 0 Å². The van der Waals surface area contributed by atoms with Crippen LogP contribution in [0, 0.1) is 5.92 Å². The maximum Gasteiger partial charge on any atom is 0.0223 e. The van der Waals surface area contributed by atoms with Crippen molar-refractivity contribution < 1.29 is 0 Å². The minimum absolute atomic E-state index is 0.329. The summed E-state index contributed by atoms with van der Waals surface area (Å²) in [7, 11) is 0. The molecule has 0 spiro atoms. The molecule has 0 aromatic rings. The first-order chi connectivity index (χ1) is 4.29. The van der Waals surface area contributed by atoms with Crippen LogP contribution in [0.4, 0.5) is 0 Å². The van der Waals surface area contributed by atoms with Crippen LogP contribution in [0.3, 0.4) is 0 Å². The van der Waals surface area contributed by atoms with Gasteiger partial charge in [0.1, 0.15) is 0 Å². The monoisotopic (exact) mass is 125 g/mol. The van der Waals surface area contributed by atoms with Crippen LogP contribution in [0.25, 0.3) is 0 Å². The Morgan fingerprint density at radius 2 is 2.11 bits per heavy atom. The van der Waals surface area contributed by atoms with Gasteiger partial charge in [-0.25, -0.2) is 0 Å². The zero-order valence-electron chi connectivity index (χ0n) is 6.01. The van der Waals surface area contributed by atoms with Crippen LogP contribution in [0.5, 0.6) is 0 Å². The molecule has 1 nitrogen and oxygen atoms in total. The standard InChI is InChI=1S/C8H15N/c1-7-3-2-4-8(9)6-5-7/h5-8H,2-4,9H2,1H3. The Hall–Kier alpha value is -0.300. The highest BCUT2D eigenvalue weighted by atomic mass is 14.6. The summed E-state index contributed by atoms with van der Waals surface area (Å²) in [6.45, 7) is 2.24. The molecule has 0 bridgehead atoms. The van der Waals surface area contributed by atoms with Crippen LogP contribution in [0.2, 0.25) is 0 Å². The van der Waals surface area contributed by atoms with Gasteiger partial charge in [0.05, 0.1) is 0 Å². The molecule has 0 saturated carbocycles. The third-order valence-corrected chi connectivity index (χ3v) is 1.88. The van der Waals surface area contributed by atoms with E-state index in [1.807, 2.05) is 0 Å². The summed E-state index contributed by atoms with van der Waals surface area (Å²) in [6.07, 6.45) is 8.13. The molecule has 0 fully saturated rings. The van der Waals surface area contributed by atoms with Gasteiger partial charge in [0.15, 0.2) is 0 Å². The lowest BCUT2D eigenvalue weighted by molar-refractivity contribution is 0.584. The molecule has 1 heteroatoms. The van der Waals surface area contributed by atoms with Gasteiger partial charge in [-0.15, -0.1) is 0 Å². The predicted molar refractivity (Wildman–Crippen MR) is 40.1 cm³/mol. The van der Waals surface area contributed by atoms with E-state index in [1.54, 1.807) is 0 Å². The fourth-order valence-corrected chi connectivity index (χ4v) is 1.20. The van der Waals surface area contributed by atoms with Gasteiger partial charge in [0.25, 0.3) is 0 Å². The molecule has 1 aliphatic carbocycles. The van der Waals surface area contributed by atoms with Crippen LogP contribution in [0.1, 0.15) is 26.2 Å². The molecule has 2 N–H and O–H groups in total. The van der Waals surface area contributed by atoms with Crippen molar-refractivity contribution in [3.63, 3.8) is 0 Å². The molecule has 0 heterocycles. The van der Waals surface area contributed by atoms with Crippen LogP contribution < -0.4 is 5.73 Å². The van der Waals surface area contributed by atoms with Gasteiger partial charge >= 0.3 is 0 Å². The van der Waals surface area contributed by atoms with Gasteiger partial charge in [0.2, 0.25) is 0 Å². The minimum atomic E-state index is 0.329. The van der Waals surface area contributed by atoms with Crippen LogP contribution >= 0.6 is 0 Å². The van der Waals surface area contributed by atoms with Gasteiger partial charge in [-0.1, -0.05) is 25.5 Å². The Labute approximate surface area is 56.9 Å². The molecule has 9 heavy (non-hydrogen) atoms. The first kappa shape index (κ1) is 6.81. The molecule has 1 rings (SSSR count). The van der Waals surface area contributed by atoms with Crippen molar-refractivity contribution in [1.29, 1.82) is 0 Å². The maximum absolute atomic E-state index is 5.71. The summed E-state index contributed by atoms with van der Waals surface area (Å²) >= 11 is 0. The number of hydrogen-bond acceptors (Lipinski definition) is 1. The highest BCUT2D eigenvalue weighted by Gasteiger charge is 2.05. The van der Waals surface area contributed by atoms with Crippen molar-refractivity contribution in [3.8, 4) is 0 Å². The van der Waals surface area contributed by atoms with Crippen LogP contribution in [-0.4, -0.2) is 6.04 Å². The van der Waals surface area contributed by atoms with Crippen LogP contribution in [-0.2, 0) is 0 Å². The number of nitrogens with two attached hydrogens (primary N) is 1. The highest BCUT2D eigenvalue weighted by molar-refractivity contribution is 4.96. The van der Waals surface area contributed by atoms with E-state index >= 15 is 0 Å². The average molecular weight is 125 g/mol. The summed E-state index contributed by atoms with van der Waals surface area (Å²) in [6, 6.07) is 0.329. The summed E-state index contributed by atoms with van der Waals surface area (Å²) in [5, 5.41) is 0. The van der Waals surface area contributed by atoms with Gasteiger partial charge < -0.3 is 5.73 Å². The first-order valence-electron chi connectivity index (χ1n) is 3.73. The largest absolute Gasteiger partial charge is 0.324 e. The van der Waals surface area contributed by atoms with E-state index in [0.29, 0.717) is 6.04 Å². The van der Waals surface area contributed by atoms with Crippen molar-refractivity contribution in [1.82, 2.24) is 0 Å². The van der Waals surface area contributed by atoms with Gasteiger partial charge in [-0.3, -0.25) is 0 Å². The Morgan fingerprint density at radius 3 is 2.89 bits per heavy atom. The van der Waals surface area contributed by atoms with Crippen molar-refractivity contribution in [2.45, 2.75) is 32.2 Å². The second-order valence-corrected chi connectivity index (χ2v) is 2.96. The smallest absolute Gasteiger partial charge is 0.0223 e. The number of allylic oxidation sites excluding steroid dienone is 1. The predicted octanol–water partition coefficient (Wildman–Crippen LogP) is 1.69. The quantitative estimate of drug-likeness (QED) is 0.490. The highest BCUT2D eigenvalue weighted by Crippen LogP contribution is 2.14. The molecular formula is C8H15N. The Balaban J connectivity index is 2.43. The van der Waals surface area contributed by atoms with E-state index in [1.165, 1.54) is 19.3 Å². The second kappa shape index (κ2) is 3.02. The van der Waals surface area contributed by atoms with E-state index in [4.69, 9.17) is 5.73 Å². The maximum atomic E-state index is 5.71. The summed E-state index contributed by atoms with van der Waals surface area (Å²) in [4.78, 5) is 0. The Kier molecular flexibility index (Phi) is 2.29. The summed E-state index contributed by atoms with van der Waals surface area (Å²) in [5.41, 5.74) is 5.71. The van der Waals surface area contributed by atoms with E-state index in [2.05, 4.69) is 19.1 Å². The molecule has 0 saturated heterocycles. The molecular weight excluding hydrogens is 110 g/mol. The fourth-order valence-electron chi connectivity index (χ4n) is 1.20. The van der Waals surface area contributed by atoms with Crippen molar-refractivity contribution in [2.24, 2.45) is 11.7 Å². The van der Waals surface area contributed by atoms with E-state index in [0.717, 1.165) is 5.92 Å². The topological polar surface area (TPSA) is 26.0 Å². The molecule has 0 aliphatic heterocycles. The first-order valence-corrected chi connectivity index (χ1v) is 3.73. The summed E-state index contributed by atoms with van der Waals surface area (Å²) in [5.74, 6) is 0.749. The van der Waals surface area contributed by atoms with E-state index in [-0.39, 0.29) is 0 Å². The lowest BCUT2D eigenvalue weighted by Gasteiger charge is -2.00. The summed E-state index contributed by atoms with van der Waals surface area (Å²) < 4.78 is 0. The van der Waals surface area contributed by atoms with E-state index in [9.17, 15) is 0 Å². The number of hydrogen-bond donors (Lipinski definition) is 1. The molecule has 2 unspecified atom stereocenters. The van der Waals surface area contributed by atoms with Crippen molar-refractivity contribution >= 4 is 0 Å². The van der Waals surface area contributed by atoms with Gasteiger partial charge in [0, 0.05) is 6.04 Å². The number of rotatable bonds is 0. The fraction of sp³-hybridized carbons (Fsp3) is 0.750. The molecule has 0 aromatic carbocycles. The SMILES string of the molecule is CC1C=CC(N)CCC1. The molecule has 1 aliphatic rings. The molecule has 0 aromatic heterocycles. The average Bonchev–Trinajstić information content (AvgIpc) is 1.97. The zero-order valence-corrected chi connectivity index (χ0v) is 6.01.